The predicted octanol–water partition coefficient (Wildman–Crippen LogP) is 27.2. The van der Waals surface area contributed by atoms with E-state index < -0.39 is 0 Å². The maximum absolute atomic E-state index is 6.60. The fraction of sp³-hybridized carbons (Fsp3) is 0.594. The third-order valence-corrected chi connectivity index (χ3v) is 19.7. The van der Waals surface area contributed by atoms with Gasteiger partial charge in [-0.1, -0.05) is 236 Å². The largest absolute Gasteiger partial charge is 0.490 e. The van der Waals surface area contributed by atoms with Crippen molar-refractivity contribution >= 4 is 0 Å². The molecule has 612 valence electrons. The molecule has 0 amide bonds. The summed E-state index contributed by atoms with van der Waals surface area (Å²) in [5.74, 6) is 9.87. The van der Waals surface area contributed by atoms with Crippen molar-refractivity contribution in [1.29, 1.82) is 0 Å². The van der Waals surface area contributed by atoms with Crippen LogP contribution >= 0.6 is 0 Å². The van der Waals surface area contributed by atoms with Crippen LogP contribution in [0, 0.1) is 0 Å². The van der Waals surface area contributed by atoms with Crippen LogP contribution in [0.25, 0.3) is 34.2 Å². The molecule has 6 aromatic carbocycles. The number of hydrogen-bond donors (Lipinski definition) is 0. The summed E-state index contributed by atoms with van der Waals surface area (Å²) in [5, 5.41) is 0. The third-order valence-electron chi connectivity index (χ3n) is 19.7. The van der Waals surface area contributed by atoms with Gasteiger partial charge in [0, 0.05) is 16.7 Å². The predicted molar refractivity (Wildman–Crippen MR) is 455 cm³/mol. The molecular weight excluding hydrogens is 1390 g/mol. The van der Waals surface area contributed by atoms with Gasteiger partial charge in [0.1, 0.15) is 37.1 Å². The van der Waals surface area contributed by atoms with Crippen LogP contribution in [0.2, 0.25) is 0 Å². The Hall–Kier alpha value is -8.07. The highest BCUT2D eigenvalue weighted by Crippen LogP contribution is 2.44. The van der Waals surface area contributed by atoms with E-state index in [1.54, 1.807) is 0 Å². The molecule has 0 spiro atoms. The second-order valence-corrected chi connectivity index (χ2v) is 29.7. The van der Waals surface area contributed by atoms with Crippen molar-refractivity contribution in [2.75, 3.05) is 59.5 Å². The number of ether oxygens (including phenoxy) is 12. The number of nitrogens with zero attached hydrogens (tertiary/aromatic N) is 3. The summed E-state index contributed by atoms with van der Waals surface area (Å²) in [6, 6.07) is 36.3. The van der Waals surface area contributed by atoms with Crippen molar-refractivity contribution in [3.8, 4) is 103 Å². The Kier molecular flexibility index (Phi) is 45.6. The molecule has 7 aromatic rings. The second-order valence-electron chi connectivity index (χ2n) is 29.7. The minimum atomic E-state index is 0.293. The SMILES string of the molecule is CCCCCCOc1cc(COc2ccc(-c3nc(-c4ccc(OCc5cc(OCCCCCC)c(OCCCCCC)c(OCCCCCC)c5)cc4)nc(-c4ccc(OCc5cc(OCCCCCC)c(OCCCCCC)c(OCCCCCC)c5)cc4)n3)cc2)cc(OCCCCCC)c1OCCCCCC. The molecule has 0 aliphatic carbocycles. The standard InChI is InChI=1S/C96H141N3O12/c1-10-19-28-37-58-100-85-67-76(68-86(101-59-38-29-20-11-2)91(85)106-64-43-34-25-16-7)73-109-82-52-46-79(47-53-82)94-97-95(80-48-54-83(55-49-80)110-74-77-69-87(102-60-39-30-21-12-3)92(107-65-44-35-26-17-8)88(70-77)103-61-40-31-22-13-4)99-96(98-94)81-50-56-84(57-51-81)111-75-78-71-89(104-62-41-32-23-14-5)93(108-66-45-36-27-18-9)90(72-78)105-63-42-33-24-15-6/h46-57,67-72H,10-45,58-66,73-75H2,1-9H3. The van der Waals surface area contributed by atoms with Crippen molar-refractivity contribution in [3.63, 3.8) is 0 Å². The van der Waals surface area contributed by atoms with Crippen molar-refractivity contribution in [3.05, 3.63) is 126 Å². The minimum Gasteiger partial charge on any atom is -0.490 e. The van der Waals surface area contributed by atoms with Crippen LogP contribution in [0.15, 0.2) is 109 Å². The van der Waals surface area contributed by atoms with Gasteiger partial charge in [0.25, 0.3) is 0 Å². The number of rotatable bonds is 66. The zero-order valence-electron chi connectivity index (χ0n) is 70.1. The van der Waals surface area contributed by atoms with Gasteiger partial charge in [-0.25, -0.2) is 15.0 Å². The van der Waals surface area contributed by atoms with Gasteiger partial charge in [-0.15, -0.1) is 0 Å². The molecule has 0 saturated carbocycles. The fourth-order valence-electron chi connectivity index (χ4n) is 13.0. The number of hydrogen-bond acceptors (Lipinski definition) is 15. The van der Waals surface area contributed by atoms with Crippen LogP contribution in [0.3, 0.4) is 0 Å². The molecule has 15 nitrogen and oxygen atoms in total. The zero-order chi connectivity index (χ0) is 78.4. The van der Waals surface area contributed by atoms with Crippen molar-refractivity contribution in [1.82, 2.24) is 15.0 Å². The topological polar surface area (TPSA) is 149 Å². The van der Waals surface area contributed by atoms with Gasteiger partial charge in [-0.2, -0.15) is 0 Å². The molecule has 1 aromatic heterocycles. The second kappa shape index (κ2) is 56.2. The molecule has 15 heteroatoms. The average molecular weight is 1530 g/mol. The van der Waals surface area contributed by atoms with Gasteiger partial charge in [-0.3, -0.25) is 0 Å². The maximum atomic E-state index is 6.60. The summed E-state index contributed by atoms with van der Waals surface area (Å²) in [6.45, 7) is 26.4. The van der Waals surface area contributed by atoms with E-state index in [4.69, 9.17) is 71.8 Å². The summed E-state index contributed by atoms with van der Waals surface area (Å²) < 4.78 is 78.9. The van der Waals surface area contributed by atoms with Crippen LogP contribution in [-0.4, -0.2) is 74.4 Å². The van der Waals surface area contributed by atoms with Crippen LogP contribution in [-0.2, 0) is 19.8 Å². The fourth-order valence-corrected chi connectivity index (χ4v) is 13.0. The molecule has 0 fully saturated rings. The van der Waals surface area contributed by atoms with Gasteiger partial charge in [0.15, 0.2) is 52.0 Å². The lowest BCUT2D eigenvalue weighted by atomic mass is 10.1. The molecular formula is C96H141N3O12. The molecule has 0 radical (unpaired) electrons. The van der Waals surface area contributed by atoms with E-state index in [2.05, 4.69) is 98.7 Å². The van der Waals surface area contributed by atoms with E-state index in [1.807, 2.05) is 72.8 Å². The van der Waals surface area contributed by atoms with E-state index in [1.165, 1.54) is 77.0 Å². The Morgan fingerprint density at radius 1 is 0.189 bits per heavy atom. The molecule has 0 aliphatic heterocycles. The monoisotopic (exact) mass is 1530 g/mol. The first-order valence-corrected chi connectivity index (χ1v) is 43.9. The smallest absolute Gasteiger partial charge is 0.203 e. The molecule has 111 heavy (non-hydrogen) atoms. The van der Waals surface area contributed by atoms with Gasteiger partial charge >= 0.3 is 0 Å². The highest BCUT2D eigenvalue weighted by Gasteiger charge is 2.22. The lowest BCUT2D eigenvalue weighted by Gasteiger charge is -2.19. The summed E-state index contributed by atoms with van der Waals surface area (Å²) in [6.07, 6.45) is 39.8. The van der Waals surface area contributed by atoms with E-state index in [0.29, 0.717) is 166 Å². The molecule has 0 N–H and O–H groups in total. The van der Waals surface area contributed by atoms with Crippen LogP contribution in [0.4, 0.5) is 0 Å². The average Bonchev–Trinajstić information content (AvgIpc) is 0.808. The third kappa shape index (κ3) is 34.4. The molecule has 0 bridgehead atoms. The first-order chi connectivity index (χ1) is 54.7. The van der Waals surface area contributed by atoms with Gasteiger partial charge < -0.3 is 56.8 Å². The lowest BCUT2D eigenvalue weighted by Crippen LogP contribution is -2.08. The Morgan fingerprint density at radius 3 is 0.532 bits per heavy atom. The molecule has 0 saturated heterocycles. The first-order valence-electron chi connectivity index (χ1n) is 43.9. The normalized spacial score (nSPS) is 11.2. The minimum absolute atomic E-state index is 0.293. The van der Waals surface area contributed by atoms with Crippen LogP contribution in [0.5, 0.6) is 69.0 Å². The zero-order valence-corrected chi connectivity index (χ0v) is 70.1. The van der Waals surface area contributed by atoms with E-state index in [9.17, 15) is 0 Å². The molecule has 0 aliphatic rings. The molecule has 1 heterocycles. The Labute approximate surface area is 670 Å². The van der Waals surface area contributed by atoms with E-state index >= 15 is 0 Å². The van der Waals surface area contributed by atoms with E-state index in [0.717, 1.165) is 187 Å². The lowest BCUT2D eigenvalue weighted by molar-refractivity contribution is 0.232. The van der Waals surface area contributed by atoms with E-state index in [-0.39, 0.29) is 0 Å². The Morgan fingerprint density at radius 2 is 0.360 bits per heavy atom. The molecule has 7 rings (SSSR count). The van der Waals surface area contributed by atoms with Crippen LogP contribution < -0.4 is 56.8 Å². The summed E-state index contributed by atoms with van der Waals surface area (Å²) in [5.41, 5.74) is 5.20. The maximum Gasteiger partial charge on any atom is 0.203 e. The Bertz CT molecular complexity index is 3080. The van der Waals surface area contributed by atoms with Gasteiger partial charge in [0.2, 0.25) is 17.2 Å². The quantitative estimate of drug-likeness (QED) is 0.0333. The summed E-state index contributed by atoms with van der Waals surface area (Å²) in [7, 11) is 0. The number of benzene rings is 6. The summed E-state index contributed by atoms with van der Waals surface area (Å²) >= 11 is 0. The number of aromatic nitrogens is 3. The van der Waals surface area contributed by atoms with Gasteiger partial charge in [-0.05, 0) is 184 Å². The number of unbranched alkanes of at least 4 members (excludes halogenated alkanes) is 27. The summed E-state index contributed by atoms with van der Waals surface area (Å²) in [4.78, 5) is 15.6. The first kappa shape index (κ1) is 90.1. The highest BCUT2D eigenvalue weighted by atomic mass is 16.6. The Balaban J connectivity index is 1.19. The van der Waals surface area contributed by atoms with Crippen molar-refractivity contribution < 1.29 is 56.8 Å². The van der Waals surface area contributed by atoms with Gasteiger partial charge in [0.05, 0.1) is 59.5 Å². The van der Waals surface area contributed by atoms with Crippen molar-refractivity contribution in [2.24, 2.45) is 0 Å². The van der Waals surface area contributed by atoms with Crippen LogP contribution in [0.1, 0.15) is 310 Å². The highest BCUT2D eigenvalue weighted by molar-refractivity contribution is 5.68. The molecule has 0 atom stereocenters. The van der Waals surface area contributed by atoms with Crippen molar-refractivity contribution in [2.45, 2.75) is 313 Å². The molecule has 0 unspecified atom stereocenters.